The normalized spacial score (nSPS) is 24.6. The zero-order chi connectivity index (χ0) is 10.7. The van der Waals surface area contributed by atoms with Crippen LogP contribution in [0.4, 0.5) is 0 Å². The van der Waals surface area contributed by atoms with E-state index in [4.69, 9.17) is 0 Å². The van der Waals surface area contributed by atoms with Gasteiger partial charge in [-0.15, -0.1) is 0 Å². The van der Waals surface area contributed by atoms with Gasteiger partial charge in [0.2, 0.25) is 0 Å². The molecule has 14 heavy (non-hydrogen) atoms. The summed E-state index contributed by atoms with van der Waals surface area (Å²) in [6.45, 7) is 1.96. The van der Waals surface area contributed by atoms with Crippen molar-refractivity contribution in [1.29, 1.82) is 0 Å². The van der Waals surface area contributed by atoms with Crippen molar-refractivity contribution in [3.8, 4) is 0 Å². The van der Waals surface area contributed by atoms with Crippen molar-refractivity contribution in [2.45, 2.75) is 13.3 Å². The lowest BCUT2D eigenvalue weighted by Gasteiger charge is -2.31. The van der Waals surface area contributed by atoms with Crippen molar-refractivity contribution in [2.24, 2.45) is 11.8 Å². The van der Waals surface area contributed by atoms with E-state index in [1.165, 1.54) is 14.2 Å². The summed E-state index contributed by atoms with van der Waals surface area (Å²) in [6, 6.07) is 0. The van der Waals surface area contributed by atoms with Crippen LogP contribution in [0.25, 0.3) is 0 Å². The Hall–Kier alpha value is -1.32. The lowest BCUT2D eigenvalue weighted by molar-refractivity contribution is -0.150. The average molecular weight is 198 g/mol. The van der Waals surface area contributed by atoms with E-state index in [1.54, 1.807) is 6.08 Å². The topological polar surface area (TPSA) is 52.6 Å². The first-order valence-electron chi connectivity index (χ1n) is 4.53. The molecule has 0 aliphatic heterocycles. The zero-order valence-corrected chi connectivity index (χ0v) is 8.57. The monoisotopic (exact) mass is 198 g/mol. The highest BCUT2D eigenvalue weighted by Crippen LogP contribution is 2.37. The fourth-order valence-corrected chi connectivity index (χ4v) is 1.64. The van der Waals surface area contributed by atoms with Crippen molar-refractivity contribution in [3.05, 3.63) is 11.6 Å². The molecule has 0 fully saturated rings. The van der Waals surface area contributed by atoms with Gasteiger partial charge in [0.1, 0.15) is 0 Å². The van der Waals surface area contributed by atoms with Crippen molar-refractivity contribution >= 4 is 11.9 Å². The third-order valence-corrected chi connectivity index (χ3v) is 2.50. The van der Waals surface area contributed by atoms with Crippen molar-refractivity contribution in [2.75, 3.05) is 14.2 Å². The Kier molecular flexibility index (Phi) is 3.28. The maximum Gasteiger partial charge on any atom is 0.334 e. The van der Waals surface area contributed by atoms with Crippen LogP contribution < -0.4 is 0 Å². The molecule has 0 N–H and O–H groups in total. The van der Waals surface area contributed by atoms with Crippen molar-refractivity contribution in [3.63, 3.8) is 0 Å². The van der Waals surface area contributed by atoms with Crippen LogP contribution in [0.1, 0.15) is 13.3 Å². The SMILES string of the molecule is CC[C@H]1C=C(C(=O)OC)[C@@H]1C(=O)OC. The zero-order valence-electron chi connectivity index (χ0n) is 8.57. The molecule has 0 unspecified atom stereocenters. The first kappa shape index (κ1) is 10.8. The molecule has 0 saturated carbocycles. The number of allylic oxidation sites excluding steroid dienone is 1. The molecule has 2 atom stereocenters. The molecule has 0 radical (unpaired) electrons. The number of ether oxygens (including phenoxy) is 2. The summed E-state index contributed by atoms with van der Waals surface area (Å²) in [7, 11) is 2.62. The van der Waals surface area contributed by atoms with Crippen LogP contribution in [-0.4, -0.2) is 26.2 Å². The molecule has 78 valence electrons. The molecule has 0 aromatic heterocycles. The molecule has 1 aliphatic rings. The molecular formula is C10H14O4. The van der Waals surface area contributed by atoms with Crippen LogP contribution in [0.5, 0.6) is 0 Å². The van der Waals surface area contributed by atoms with Gasteiger partial charge in [-0.1, -0.05) is 13.0 Å². The fourth-order valence-electron chi connectivity index (χ4n) is 1.64. The van der Waals surface area contributed by atoms with E-state index in [9.17, 15) is 9.59 Å². The molecule has 0 saturated heterocycles. The number of hydrogen-bond donors (Lipinski definition) is 0. The van der Waals surface area contributed by atoms with Gasteiger partial charge in [0.25, 0.3) is 0 Å². The second-order valence-corrected chi connectivity index (χ2v) is 3.19. The number of hydrogen-bond acceptors (Lipinski definition) is 4. The highest BCUT2D eigenvalue weighted by atomic mass is 16.5. The maximum absolute atomic E-state index is 11.3. The maximum atomic E-state index is 11.3. The molecule has 0 amide bonds. The van der Waals surface area contributed by atoms with Gasteiger partial charge in [0, 0.05) is 5.57 Å². The highest BCUT2D eigenvalue weighted by molar-refractivity contribution is 5.98. The second-order valence-electron chi connectivity index (χ2n) is 3.19. The van der Waals surface area contributed by atoms with Crippen LogP contribution in [0, 0.1) is 11.8 Å². The van der Waals surface area contributed by atoms with Gasteiger partial charge in [-0.25, -0.2) is 4.79 Å². The molecule has 4 heteroatoms. The summed E-state index contributed by atoms with van der Waals surface area (Å²) in [5.74, 6) is -1.13. The number of carbonyl (C=O) groups is 2. The van der Waals surface area contributed by atoms with E-state index in [0.717, 1.165) is 6.42 Å². The molecule has 0 spiro atoms. The molecule has 4 nitrogen and oxygen atoms in total. The van der Waals surface area contributed by atoms with Gasteiger partial charge in [-0.05, 0) is 12.3 Å². The average Bonchev–Trinajstić information content (AvgIpc) is 2.16. The van der Waals surface area contributed by atoms with Crippen molar-refractivity contribution in [1.82, 2.24) is 0 Å². The Morgan fingerprint density at radius 3 is 2.43 bits per heavy atom. The summed E-state index contributed by atoms with van der Waals surface area (Å²) in [4.78, 5) is 22.5. The lowest BCUT2D eigenvalue weighted by atomic mass is 9.73. The molecule has 1 aliphatic carbocycles. The van der Waals surface area contributed by atoms with Crippen LogP contribution >= 0.6 is 0 Å². The van der Waals surface area contributed by atoms with E-state index in [2.05, 4.69) is 9.47 Å². The van der Waals surface area contributed by atoms with Crippen LogP contribution in [0.3, 0.4) is 0 Å². The predicted molar refractivity (Wildman–Crippen MR) is 49.4 cm³/mol. The first-order chi connectivity index (χ1) is 6.65. The second kappa shape index (κ2) is 4.26. The van der Waals surface area contributed by atoms with E-state index < -0.39 is 11.9 Å². The summed E-state index contributed by atoms with van der Waals surface area (Å²) < 4.78 is 9.18. The smallest absolute Gasteiger partial charge is 0.334 e. The Bertz CT molecular complexity index is 280. The number of carbonyl (C=O) groups excluding carboxylic acids is 2. The fraction of sp³-hybridized carbons (Fsp3) is 0.600. The van der Waals surface area contributed by atoms with Gasteiger partial charge in [0.05, 0.1) is 20.1 Å². The minimum absolute atomic E-state index is 0.108. The third kappa shape index (κ3) is 1.64. The summed E-state index contributed by atoms with van der Waals surface area (Å²) in [6.07, 6.45) is 2.59. The molecule has 0 bridgehead atoms. The summed E-state index contributed by atoms with van der Waals surface area (Å²) in [5.41, 5.74) is 0.422. The largest absolute Gasteiger partial charge is 0.469 e. The molecule has 0 aromatic rings. The van der Waals surface area contributed by atoms with Gasteiger partial charge < -0.3 is 9.47 Å². The standard InChI is InChI=1S/C10H14O4/c1-4-6-5-7(9(11)13-2)8(6)10(12)14-3/h5-6,8H,4H2,1-3H3/t6-,8+/m0/s1. The Morgan fingerprint density at radius 1 is 1.36 bits per heavy atom. The molecule has 0 heterocycles. The van der Waals surface area contributed by atoms with E-state index in [1.807, 2.05) is 6.92 Å². The molecular weight excluding hydrogens is 184 g/mol. The Morgan fingerprint density at radius 2 is 2.00 bits per heavy atom. The lowest BCUT2D eigenvalue weighted by Crippen LogP contribution is -2.36. The Labute approximate surface area is 82.9 Å². The van der Waals surface area contributed by atoms with Gasteiger partial charge in [0.15, 0.2) is 0 Å². The molecule has 0 aromatic carbocycles. The minimum Gasteiger partial charge on any atom is -0.469 e. The quantitative estimate of drug-likeness (QED) is 0.632. The minimum atomic E-state index is -0.440. The Balaban J connectivity index is 2.78. The van der Waals surface area contributed by atoms with Crippen LogP contribution in [0.2, 0.25) is 0 Å². The van der Waals surface area contributed by atoms with Gasteiger partial charge in [-0.2, -0.15) is 0 Å². The summed E-state index contributed by atoms with van der Waals surface area (Å²) >= 11 is 0. The van der Waals surface area contributed by atoms with Gasteiger partial charge >= 0.3 is 11.9 Å². The number of methoxy groups -OCH3 is 2. The summed E-state index contributed by atoms with van der Waals surface area (Å²) in [5, 5.41) is 0. The van der Waals surface area contributed by atoms with E-state index in [-0.39, 0.29) is 11.9 Å². The van der Waals surface area contributed by atoms with E-state index >= 15 is 0 Å². The van der Waals surface area contributed by atoms with E-state index in [0.29, 0.717) is 5.57 Å². The number of esters is 2. The van der Waals surface area contributed by atoms with Crippen LogP contribution in [-0.2, 0) is 19.1 Å². The molecule has 1 rings (SSSR count). The number of rotatable bonds is 3. The first-order valence-corrected chi connectivity index (χ1v) is 4.53. The van der Waals surface area contributed by atoms with Crippen molar-refractivity contribution < 1.29 is 19.1 Å². The third-order valence-electron chi connectivity index (χ3n) is 2.50. The highest BCUT2D eigenvalue weighted by Gasteiger charge is 2.41. The van der Waals surface area contributed by atoms with Crippen LogP contribution in [0.15, 0.2) is 11.6 Å². The van der Waals surface area contributed by atoms with Gasteiger partial charge in [-0.3, -0.25) is 4.79 Å². The predicted octanol–water partition coefficient (Wildman–Crippen LogP) is 0.915.